The molecule has 0 bridgehead atoms. The molecule has 1 unspecified atom stereocenters. The van der Waals surface area contributed by atoms with Gasteiger partial charge in [-0.25, -0.2) is 0 Å². The molecule has 1 saturated heterocycles. The predicted octanol–water partition coefficient (Wildman–Crippen LogP) is 2.30. The van der Waals surface area contributed by atoms with Gasteiger partial charge in [0.1, 0.15) is 12.4 Å². The lowest BCUT2D eigenvalue weighted by atomic mass is 9.96. The maximum atomic E-state index is 12.8. The van der Waals surface area contributed by atoms with Crippen molar-refractivity contribution in [3.63, 3.8) is 0 Å². The van der Waals surface area contributed by atoms with Gasteiger partial charge in [-0.15, -0.1) is 0 Å². The summed E-state index contributed by atoms with van der Waals surface area (Å²) in [4.78, 5) is 16.6. The molecule has 1 aromatic carbocycles. The van der Waals surface area contributed by atoms with E-state index in [1.807, 2.05) is 21.9 Å². The normalized spacial score (nSPS) is 21.1. The van der Waals surface area contributed by atoms with Gasteiger partial charge < -0.3 is 19.6 Å². The molecule has 2 aliphatic heterocycles. The predicted molar refractivity (Wildman–Crippen MR) is 90.2 cm³/mol. The largest absolute Gasteiger partial charge is 0.490 e. The molecule has 1 amide bonds. The third kappa shape index (κ3) is 3.40. The van der Waals surface area contributed by atoms with Crippen LogP contribution in [-0.4, -0.2) is 53.8 Å². The summed E-state index contributed by atoms with van der Waals surface area (Å²) in [5, 5.41) is 10.9. The standard InChI is InChI=1S/C17H23ClN2O3/c1-17(2,22)15-4-3-7-20(15)16(21)11-19-8-9-23-14-6-5-12(18)10-13(14)19/h5-6,10,15,22H,3-4,7-9,11H2,1-2H3. The second-order valence-corrected chi connectivity index (χ2v) is 7.22. The Bertz CT molecular complexity index is 600. The number of anilines is 1. The Kier molecular flexibility index (Phi) is 4.43. The van der Waals surface area contributed by atoms with Crippen molar-refractivity contribution in [3.8, 4) is 5.75 Å². The molecule has 5 nitrogen and oxygen atoms in total. The van der Waals surface area contributed by atoms with Crippen molar-refractivity contribution in [2.75, 3.05) is 31.1 Å². The Balaban J connectivity index is 1.75. The number of hydrogen-bond acceptors (Lipinski definition) is 4. The van der Waals surface area contributed by atoms with Crippen LogP contribution in [0.5, 0.6) is 5.75 Å². The van der Waals surface area contributed by atoms with E-state index in [1.165, 1.54) is 0 Å². The molecule has 3 rings (SSSR count). The Morgan fingerprint density at radius 1 is 1.43 bits per heavy atom. The maximum absolute atomic E-state index is 12.8. The van der Waals surface area contributed by atoms with Crippen LogP contribution in [0.3, 0.4) is 0 Å². The number of fused-ring (bicyclic) bond motifs is 1. The van der Waals surface area contributed by atoms with E-state index in [1.54, 1.807) is 19.9 Å². The van der Waals surface area contributed by atoms with Crippen molar-refractivity contribution in [3.05, 3.63) is 23.2 Å². The number of halogens is 1. The molecule has 6 heteroatoms. The summed E-state index contributed by atoms with van der Waals surface area (Å²) < 4.78 is 5.63. The Morgan fingerprint density at radius 3 is 2.96 bits per heavy atom. The molecule has 1 N–H and O–H groups in total. The van der Waals surface area contributed by atoms with Gasteiger partial charge in [0.2, 0.25) is 5.91 Å². The number of nitrogens with zero attached hydrogens (tertiary/aromatic N) is 2. The average molecular weight is 339 g/mol. The Labute approximate surface area is 141 Å². The summed E-state index contributed by atoms with van der Waals surface area (Å²) in [7, 11) is 0. The molecule has 1 aromatic rings. The third-order valence-electron chi connectivity index (χ3n) is 4.60. The number of rotatable bonds is 3. The van der Waals surface area contributed by atoms with Gasteiger partial charge in [-0.2, -0.15) is 0 Å². The second kappa shape index (κ2) is 6.21. The number of aliphatic hydroxyl groups is 1. The lowest BCUT2D eigenvalue weighted by molar-refractivity contribution is -0.135. The van der Waals surface area contributed by atoms with Crippen molar-refractivity contribution in [1.82, 2.24) is 4.90 Å². The summed E-state index contributed by atoms with van der Waals surface area (Å²) in [6.07, 6.45) is 1.78. The molecule has 1 fully saturated rings. The summed E-state index contributed by atoms with van der Waals surface area (Å²) >= 11 is 6.08. The molecule has 0 saturated carbocycles. The van der Waals surface area contributed by atoms with Crippen LogP contribution >= 0.6 is 11.6 Å². The molecule has 0 spiro atoms. The van der Waals surface area contributed by atoms with E-state index >= 15 is 0 Å². The summed E-state index contributed by atoms with van der Waals surface area (Å²) in [5.41, 5.74) is -0.0191. The monoisotopic (exact) mass is 338 g/mol. The van der Waals surface area contributed by atoms with Gasteiger partial charge in [-0.1, -0.05) is 11.6 Å². The lowest BCUT2D eigenvalue weighted by Crippen LogP contribution is -2.51. The minimum absolute atomic E-state index is 0.0439. The van der Waals surface area contributed by atoms with Crippen LogP contribution in [0.15, 0.2) is 18.2 Å². The molecule has 0 radical (unpaired) electrons. The van der Waals surface area contributed by atoms with E-state index in [0.29, 0.717) is 24.7 Å². The highest BCUT2D eigenvalue weighted by Gasteiger charge is 2.39. The van der Waals surface area contributed by atoms with Gasteiger partial charge in [0, 0.05) is 11.6 Å². The van der Waals surface area contributed by atoms with Crippen LogP contribution in [0.4, 0.5) is 5.69 Å². The van der Waals surface area contributed by atoms with Crippen molar-refractivity contribution < 1.29 is 14.6 Å². The number of carbonyl (C=O) groups excluding carboxylic acids is 1. The van der Waals surface area contributed by atoms with E-state index in [2.05, 4.69) is 0 Å². The highest BCUT2D eigenvalue weighted by Crippen LogP contribution is 2.34. The van der Waals surface area contributed by atoms with E-state index in [-0.39, 0.29) is 18.5 Å². The van der Waals surface area contributed by atoms with Crippen LogP contribution < -0.4 is 9.64 Å². The van der Waals surface area contributed by atoms with Crippen molar-refractivity contribution in [2.45, 2.75) is 38.3 Å². The summed E-state index contributed by atoms with van der Waals surface area (Å²) in [6.45, 7) is 5.74. The number of carbonyl (C=O) groups is 1. The van der Waals surface area contributed by atoms with Crippen LogP contribution in [0, 0.1) is 0 Å². The van der Waals surface area contributed by atoms with Crippen LogP contribution in [-0.2, 0) is 4.79 Å². The molecule has 0 aliphatic carbocycles. The van der Waals surface area contributed by atoms with Crippen LogP contribution in [0.2, 0.25) is 5.02 Å². The Hall–Kier alpha value is -1.46. The number of ether oxygens (including phenoxy) is 1. The summed E-state index contributed by atoms with van der Waals surface area (Å²) in [6, 6.07) is 5.34. The van der Waals surface area contributed by atoms with Crippen molar-refractivity contribution in [1.29, 1.82) is 0 Å². The van der Waals surface area contributed by atoms with Gasteiger partial charge in [0.15, 0.2) is 0 Å². The quantitative estimate of drug-likeness (QED) is 0.919. The highest BCUT2D eigenvalue weighted by atomic mass is 35.5. The fraction of sp³-hybridized carbons (Fsp3) is 0.588. The van der Waals surface area contributed by atoms with E-state index in [9.17, 15) is 9.90 Å². The fourth-order valence-corrected chi connectivity index (χ4v) is 3.63. The highest BCUT2D eigenvalue weighted by molar-refractivity contribution is 6.31. The zero-order chi connectivity index (χ0) is 16.6. The first-order chi connectivity index (χ1) is 10.9. The zero-order valence-electron chi connectivity index (χ0n) is 13.6. The molecular weight excluding hydrogens is 316 g/mol. The minimum Gasteiger partial charge on any atom is -0.490 e. The van der Waals surface area contributed by atoms with Gasteiger partial charge in [0.05, 0.1) is 30.4 Å². The molecule has 126 valence electrons. The third-order valence-corrected chi connectivity index (χ3v) is 4.83. The first-order valence-corrected chi connectivity index (χ1v) is 8.43. The molecule has 2 heterocycles. The zero-order valence-corrected chi connectivity index (χ0v) is 14.3. The SMILES string of the molecule is CC(C)(O)C1CCCN1C(=O)CN1CCOc2ccc(Cl)cc21. The average Bonchev–Trinajstić information content (AvgIpc) is 2.97. The maximum Gasteiger partial charge on any atom is 0.242 e. The van der Waals surface area contributed by atoms with Gasteiger partial charge in [-0.3, -0.25) is 4.79 Å². The molecule has 2 aliphatic rings. The van der Waals surface area contributed by atoms with E-state index in [4.69, 9.17) is 16.3 Å². The number of amides is 1. The van der Waals surface area contributed by atoms with Crippen molar-refractivity contribution >= 4 is 23.2 Å². The molecule has 23 heavy (non-hydrogen) atoms. The first-order valence-electron chi connectivity index (χ1n) is 8.05. The van der Waals surface area contributed by atoms with Gasteiger partial charge in [-0.05, 0) is 44.9 Å². The molecule has 0 aromatic heterocycles. The topological polar surface area (TPSA) is 53.0 Å². The van der Waals surface area contributed by atoms with Crippen LogP contribution in [0.25, 0.3) is 0 Å². The number of likely N-dealkylation sites (tertiary alicyclic amines) is 1. The molecule has 1 atom stereocenters. The smallest absolute Gasteiger partial charge is 0.242 e. The van der Waals surface area contributed by atoms with E-state index in [0.717, 1.165) is 24.3 Å². The summed E-state index contributed by atoms with van der Waals surface area (Å²) in [5.74, 6) is 0.802. The van der Waals surface area contributed by atoms with Crippen LogP contribution in [0.1, 0.15) is 26.7 Å². The minimum atomic E-state index is -0.877. The Morgan fingerprint density at radius 2 is 2.22 bits per heavy atom. The fourth-order valence-electron chi connectivity index (χ4n) is 3.46. The van der Waals surface area contributed by atoms with Gasteiger partial charge >= 0.3 is 0 Å². The molecular formula is C17H23ClN2O3. The first kappa shape index (κ1) is 16.4. The number of hydrogen-bond donors (Lipinski definition) is 1. The van der Waals surface area contributed by atoms with Crippen molar-refractivity contribution in [2.24, 2.45) is 0 Å². The number of benzene rings is 1. The van der Waals surface area contributed by atoms with E-state index < -0.39 is 5.60 Å². The second-order valence-electron chi connectivity index (χ2n) is 6.78. The lowest BCUT2D eigenvalue weighted by Gasteiger charge is -2.36. The van der Waals surface area contributed by atoms with Gasteiger partial charge in [0.25, 0.3) is 0 Å².